The summed E-state index contributed by atoms with van der Waals surface area (Å²) in [5.74, 6) is 0. The van der Waals surface area contributed by atoms with Gasteiger partial charge >= 0.3 is 0 Å². The van der Waals surface area contributed by atoms with Gasteiger partial charge in [-0.25, -0.2) is 0 Å². The summed E-state index contributed by atoms with van der Waals surface area (Å²) in [5, 5.41) is 9.94. The first-order valence-electron chi connectivity index (χ1n) is 6.36. The highest BCUT2D eigenvalue weighted by molar-refractivity contribution is 6.31. The Balaban J connectivity index is 2.05. The van der Waals surface area contributed by atoms with Crippen molar-refractivity contribution >= 4 is 22.6 Å². The molecule has 102 valence electrons. The second-order valence-corrected chi connectivity index (χ2v) is 5.16. The Labute approximate surface area is 126 Å². The third kappa shape index (κ3) is 2.67. The Kier molecular flexibility index (Phi) is 3.47. The minimum Gasteiger partial charge on any atom is -0.464 e. The smallest absolute Gasteiger partial charge is 0.196 e. The number of halogens is 1. The first kappa shape index (κ1) is 13.4. The largest absolute Gasteiger partial charge is 0.464 e. The van der Waals surface area contributed by atoms with E-state index in [0.29, 0.717) is 33.5 Å². The van der Waals surface area contributed by atoms with Crippen molar-refractivity contribution in [3.63, 3.8) is 0 Å². The van der Waals surface area contributed by atoms with Crippen molar-refractivity contribution in [1.29, 1.82) is 5.26 Å². The van der Waals surface area contributed by atoms with Gasteiger partial charge in [0, 0.05) is 23.1 Å². The fourth-order valence-electron chi connectivity index (χ4n) is 2.24. The topological polar surface area (TPSA) is 54.0 Å². The van der Waals surface area contributed by atoms with E-state index < -0.39 is 0 Å². The Hall–Kier alpha value is -2.57. The summed E-state index contributed by atoms with van der Waals surface area (Å²) in [7, 11) is 0. The number of hydrogen-bond acceptors (Lipinski definition) is 3. The Morgan fingerprint density at radius 3 is 2.86 bits per heavy atom. The highest BCUT2D eigenvalue weighted by atomic mass is 35.5. The maximum atomic E-state index is 12.4. The molecule has 0 spiro atoms. The lowest BCUT2D eigenvalue weighted by Gasteiger charge is -2.03. The number of fused-ring (bicyclic) bond motifs is 1. The van der Waals surface area contributed by atoms with E-state index in [1.807, 2.05) is 6.07 Å². The summed E-state index contributed by atoms with van der Waals surface area (Å²) in [6, 6.07) is 14.2. The van der Waals surface area contributed by atoms with Crippen LogP contribution in [-0.2, 0) is 6.42 Å². The van der Waals surface area contributed by atoms with Crippen molar-refractivity contribution in [3.8, 4) is 6.07 Å². The van der Waals surface area contributed by atoms with Crippen LogP contribution in [0.5, 0.6) is 0 Å². The van der Waals surface area contributed by atoms with Gasteiger partial charge in [-0.05, 0) is 29.8 Å². The molecule has 0 unspecified atom stereocenters. The summed E-state index contributed by atoms with van der Waals surface area (Å²) in [5.41, 5.74) is 2.43. The SMILES string of the molecule is N#Cc1cccc(Cc2coc3cc(Cl)ccc3c2=O)c1. The van der Waals surface area contributed by atoms with Crippen LogP contribution in [0.4, 0.5) is 0 Å². The molecule has 3 aromatic rings. The minimum absolute atomic E-state index is 0.0738. The van der Waals surface area contributed by atoms with Crippen LogP contribution >= 0.6 is 11.6 Å². The zero-order chi connectivity index (χ0) is 14.8. The first-order valence-corrected chi connectivity index (χ1v) is 6.74. The van der Waals surface area contributed by atoms with Crippen LogP contribution in [0.15, 0.2) is 57.9 Å². The van der Waals surface area contributed by atoms with Gasteiger partial charge in [-0.3, -0.25) is 4.79 Å². The van der Waals surface area contributed by atoms with Crippen LogP contribution in [0.1, 0.15) is 16.7 Å². The fourth-order valence-corrected chi connectivity index (χ4v) is 2.40. The van der Waals surface area contributed by atoms with Gasteiger partial charge in [-0.15, -0.1) is 0 Å². The first-order chi connectivity index (χ1) is 10.2. The molecule has 4 heteroatoms. The predicted octanol–water partition coefficient (Wildman–Crippen LogP) is 3.91. The van der Waals surface area contributed by atoms with E-state index in [9.17, 15) is 4.79 Å². The average Bonchev–Trinajstić information content (AvgIpc) is 2.50. The van der Waals surface area contributed by atoms with Crippen LogP contribution < -0.4 is 5.43 Å². The lowest BCUT2D eigenvalue weighted by Crippen LogP contribution is -2.09. The highest BCUT2D eigenvalue weighted by Crippen LogP contribution is 2.18. The van der Waals surface area contributed by atoms with E-state index in [2.05, 4.69) is 6.07 Å². The Bertz CT molecular complexity index is 922. The minimum atomic E-state index is -0.0738. The molecular weight excluding hydrogens is 286 g/mol. The van der Waals surface area contributed by atoms with E-state index in [0.717, 1.165) is 5.56 Å². The second kappa shape index (κ2) is 5.43. The standard InChI is InChI=1S/C17H10ClNO2/c18-14-4-5-15-16(8-14)21-10-13(17(15)20)7-11-2-1-3-12(6-11)9-19/h1-6,8,10H,7H2. The molecule has 0 radical (unpaired) electrons. The van der Waals surface area contributed by atoms with Gasteiger partial charge in [0.25, 0.3) is 0 Å². The summed E-state index contributed by atoms with van der Waals surface area (Å²) < 4.78 is 5.48. The molecule has 2 aromatic carbocycles. The number of rotatable bonds is 2. The Morgan fingerprint density at radius 1 is 1.19 bits per heavy atom. The maximum Gasteiger partial charge on any atom is 0.196 e. The molecule has 0 amide bonds. The molecule has 0 atom stereocenters. The fraction of sp³-hybridized carbons (Fsp3) is 0.0588. The van der Waals surface area contributed by atoms with Crippen LogP contribution in [-0.4, -0.2) is 0 Å². The molecular formula is C17H10ClNO2. The van der Waals surface area contributed by atoms with Gasteiger partial charge in [0.1, 0.15) is 5.58 Å². The Morgan fingerprint density at radius 2 is 2.05 bits per heavy atom. The van der Waals surface area contributed by atoms with Crippen molar-refractivity contribution in [2.45, 2.75) is 6.42 Å². The number of nitrogens with zero attached hydrogens (tertiary/aromatic N) is 1. The lowest BCUT2D eigenvalue weighted by molar-refractivity contribution is 0.595. The summed E-state index contributed by atoms with van der Waals surface area (Å²) in [6.45, 7) is 0. The van der Waals surface area contributed by atoms with Crippen molar-refractivity contribution in [2.24, 2.45) is 0 Å². The molecule has 1 heterocycles. The van der Waals surface area contributed by atoms with E-state index in [1.54, 1.807) is 36.4 Å². The molecule has 0 aliphatic heterocycles. The third-order valence-electron chi connectivity index (χ3n) is 3.26. The maximum absolute atomic E-state index is 12.4. The van der Waals surface area contributed by atoms with Crippen LogP contribution in [0.3, 0.4) is 0 Å². The van der Waals surface area contributed by atoms with Gasteiger partial charge in [-0.2, -0.15) is 5.26 Å². The van der Waals surface area contributed by atoms with Gasteiger partial charge in [0.2, 0.25) is 0 Å². The summed E-state index contributed by atoms with van der Waals surface area (Å²) in [6.07, 6.45) is 1.89. The van der Waals surface area contributed by atoms with Crippen molar-refractivity contribution in [3.05, 3.63) is 80.7 Å². The molecule has 21 heavy (non-hydrogen) atoms. The van der Waals surface area contributed by atoms with Crippen molar-refractivity contribution in [1.82, 2.24) is 0 Å². The summed E-state index contributed by atoms with van der Waals surface area (Å²) >= 11 is 5.88. The van der Waals surface area contributed by atoms with E-state index >= 15 is 0 Å². The molecule has 1 aromatic heterocycles. The van der Waals surface area contributed by atoms with Crippen LogP contribution in [0.2, 0.25) is 5.02 Å². The van der Waals surface area contributed by atoms with Gasteiger partial charge < -0.3 is 4.42 Å². The number of hydrogen-bond donors (Lipinski definition) is 0. The predicted molar refractivity (Wildman–Crippen MR) is 81.5 cm³/mol. The van der Waals surface area contributed by atoms with Crippen molar-refractivity contribution < 1.29 is 4.42 Å². The van der Waals surface area contributed by atoms with Gasteiger partial charge in [0.05, 0.1) is 23.3 Å². The van der Waals surface area contributed by atoms with Gasteiger partial charge in [-0.1, -0.05) is 23.7 Å². The number of benzene rings is 2. The van der Waals surface area contributed by atoms with E-state index in [-0.39, 0.29) is 5.43 Å². The van der Waals surface area contributed by atoms with Gasteiger partial charge in [0.15, 0.2) is 5.43 Å². The molecule has 0 saturated carbocycles. The molecule has 0 bridgehead atoms. The van der Waals surface area contributed by atoms with E-state index in [1.165, 1.54) is 6.26 Å². The number of nitriles is 1. The zero-order valence-corrected chi connectivity index (χ0v) is 11.7. The zero-order valence-electron chi connectivity index (χ0n) is 11.0. The average molecular weight is 296 g/mol. The highest BCUT2D eigenvalue weighted by Gasteiger charge is 2.08. The summed E-state index contributed by atoms with van der Waals surface area (Å²) in [4.78, 5) is 12.4. The molecule has 0 aliphatic carbocycles. The van der Waals surface area contributed by atoms with Crippen LogP contribution in [0.25, 0.3) is 11.0 Å². The van der Waals surface area contributed by atoms with E-state index in [4.69, 9.17) is 21.3 Å². The second-order valence-electron chi connectivity index (χ2n) is 4.72. The molecule has 3 nitrogen and oxygen atoms in total. The quantitative estimate of drug-likeness (QED) is 0.720. The monoisotopic (exact) mass is 295 g/mol. The molecule has 0 fully saturated rings. The van der Waals surface area contributed by atoms with Crippen LogP contribution in [0, 0.1) is 11.3 Å². The molecule has 0 N–H and O–H groups in total. The molecule has 0 aliphatic rings. The lowest BCUT2D eigenvalue weighted by atomic mass is 10.0. The van der Waals surface area contributed by atoms with Crippen molar-refractivity contribution in [2.75, 3.05) is 0 Å². The normalized spacial score (nSPS) is 10.5. The molecule has 3 rings (SSSR count). The molecule has 0 saturated heterocycles. The third-order valence-corrected chi connectivity index (χ3v) is 3.49.